The number of carbonyl (C=O) groups excluding carboxylic acids is 2. The van der Waals surface area contributed by atoms with E-state index in [-0.39, 0.29) is 23.9 Å². The third kappa shape index (κ3) is 7.52. The molecule has 1 N–H and O–H groups in total. The predicted octanol–water partition coefficient (Wildman–Crippen LogP) is 3.60. The summed E-state index contributed by atoms with van der Waals surface area (Å²) in [6.07, 6.45) is 1.73. The molecule has 0 saturated heterocycles. The molecule has 202 valence electrons. The fourth-order valence-corrected chi connectivity index (χ4v) is 4.99. The third-order valence-corrected chi connectivity index (χ3v) is 8.05. The maximum atomic E-state index is 13.7. The van der Waals surface area contributed by atoms with E-state index in [4.69, 9.17) is 21.1 Å². The van der Waals surface area contributed by atoms with Gasteiger partial charge in [0.15, 0.2) is 11.5 Å². The fraction of sp³-hybridized carbons (Fsp3) is 0.462. The van der Waals surface area contributed by atoms with Crippen molar-refractivity contribution in [3.63, 3.8) is 0 Å². The first-order chi connectivity index (χ1) is 17.7. The number of hydrogen-bond donors (Lipinski definition) is 1. The van der Waals surface area contributed by atoms with Gasteiger partial charge in [-0.2, -0.15) is 0 Å². The number of nitrogens with one attached hydrogen (secondary N) is 1. The summed E-state index contributed by atoms with van der Waals surface area (Å²) >= 11 is 6.01. The Morgan fingerprint density at radius 1 is 1.05 bits per heavy atom. The Morgan fingerprint density at radius 3 is 2.38 bits per heavy atom. The second-order valence-electron chi connectivity index (χ2n) is 8.70. The van der Waals surface area contributed by atoms with Crippen molar-refractivity contribution in [1.82, 2.24) is 10.2 Å². The summed E-state index contributed by atoms with van der Waals surface area (Å²) in [5, 5.41) is 3.41. The first-order valence-corrected chi connectivity index (χ1v) is 14.4. The van der Waals surface area contributed by atoms with Gasteiger partial charge in [-0.3, -0.25) is 13.9 Å². The minimum Gasteiger partial charge on any atom is -0.486 e. The Labute approximate surface area is 223 Å². The van der Waals surface area contributed by atoms with Crippen LogP contribution in [0.15, 0.2) is 42.5 Å². The highest BCUT2D eigenvalue weighted by atomic mass is 35.5. The lowest BCUT2D eigenvalue weighted by Gasteiger charge is -2.32. The van der Waals surface area contributed by atoms with Crippen molar-refractivity contribution < 1.29 is 27.5 Å². The molecule has 1 aliphatic heterocycles. The lowest BCUT2D eigenvalue weighted by atomic mass is 10.1. The maximum absolute atomic E-state index is 13.7. The molecule has 3 rings (SSSR count). The van der Waals surface area contributed by atoms with E-state index in [2.05, 4.69) is 5.32 Å². The van der Waals surface area contributed by atoms with Gasteiger partial charge in [0, 0.05) is 24.2 Å². The molecule has 1 atom stereocenters. The van der Waals surface area contributed by atoms with Crippen molar-refractivity contribution in [3.8, 4) is 11.5 Å². The minimum atomic E-state index is -3.84. The van der Waals surface area contributed by atoms with Gasteiger partial charge in [0.05, 0.1) is 11.4 Å². The van der Waals surface area contributed by atoms with E-state index in [1.54, 1.807) is 49.4 Å². The summed E-state index contributed by atoms with van der Waals surface area (Å²) in [6, 6.07) is 10.9. The van der Waals surface area contributed by atoms with Crippen molar-refractivity contribution in [3.05, 3.63) is 53.1 Å². The molecule has 2 aromatic rings. The molecular formula is C26H34ClN3O6S. The molecular weight excluding hydrogens is 518 g/mol. The van der Waals surface area contributed by atoms with Crippen molar-refractivity contribution >= 4 is 39.1 Å². The van der Waals surface area contributed by atoms with E-state index in [0.29, 0.717) is 36.3 Å². The standard InChI is InChI=1S/C26H34ClN3O6S/c1-4-6-13-28-26(32)19(3)29(17-20-7-9-21(27)10-8-20)25(31)18-30(37(33,34)5-2)22-11-12-23-24(16-22)36-15-14-35-23/h7-12,16,19H,4-6,13-15,17-18H2,1-3H3,(H,28,32). The molecule has 2 amide bonds. The molecule has 0 bridgehead atoms. The quantitative estimate of drug-likeness (QED) is 0.404. The summed E-state index contributed by atoms with van der Waals surface area (Å²) in [5.74, 6) is -0.106. The number of benzene rings is 2. The Kier molecular flexibility index (Phi) is 10.0. The summed E-state index contributed by atoms with van der Waals surface area (Å²) in [4.78, 5) is 28.0. The van der Waals surface area contributed by atoms with Gasteiger partial charge < -0.3 is 19.7 Å². The Balaban J connectivity index is 1.91. The van der Waals surface area contributed by atoms with Crippen LogP contribution in [0.4, 0.5) is 5.69 Å². The average Bonchev–Trinajstić information content (AvgIpc) is 2.90. The van der Waals surface area contributed by atoms with E-state index < -0.39 is 28.5 Å². The molecule has 1 heterocycles. The van der Waals surface area contributed by atoms with Gasteiger partial charge in [-0.1, -0.05) is 37.1 Å². The number of hydrogen-bond acceptors (Lipinski definition) is 6. The van der Waals surface area contributed by atoms with E-state index in [0.717, 1.165) is 22.7 Å². The lowest BCUT2D eigenvalue weighted by molar-refractivity contribution is -0.139. The lowest BCUT2D eigenvalue weighted by Crippen LogP contribution is -2.51. The van der Waals surface area contributed by atoms with E-state index in [9.17, 15) is 18.0 Å². The summed E-state index contributed by atoms with van der Waals surface area (Å²) in [7, 11) is -3.84. The van der Waals surface area contributed by atoms with Crippen molar-refractivity contribution in [2.75, 3.05) is 36.4 Å². The van der Waals surface area contributed by atoms with Crippen LogP contribution in [-0.4, -0.2) is 63.2 Å². The van der Waals surface area contributed by atoms with Crippen LogP contribution in [0.3, 0.4) is 0 Å². The smallest absolute Gasteiger partial charge is 0.244 e. The van der Waals surface area contributed by atoms with Gasteiger partial charge in [0.2, 0.25) is 21.8 Å². The first-order valence-electron chi connectivity index (χ1n) is 12.4. The van der Waals surface area contributed by atoms with Gasteiger partial charge in [0.25, 0.3) is 0 Å². The van der Waals surface area contributed by atoms with Gasteiger partial charge in [0.1, 0.15) is 25.8 Å². The van der Waals surface area contributed by atoms with Crippen LogP contribution in [0.25, 0.3) is 0 Å². The molecule has 0 saturated carbocycles. The number of ether oxygens (including phenoxy) is 2. The fourth-order valence-electron chi connectivity index (χ4n) is 3.81. The van der Waals surface area contributed by atoms with Gasteiger partial charge in [-0.05, 0) is 50.1 Å². The summed E-state index contributed by atoms with van der Waals surface area (Å²) in [5.41, 5.74) is 1.04. The Hall–Kier alpha value is -2.98. The highest BCUT2D eigenvalue weighted by molar-refractivity contribution is 7.92. The number of amides is 2. The van der Waals surface area contributed by atoms with Crippen molar-refractivity contribution in [2.24, 2.45) is 0 Å². The Morgan fingerprint density at radius 2 is 1.73 bits per heavy atom. The highest BCUT2D eigenvalue weighted by Gasteiger charge is 2.31. The number of anilines is 1. The molecule has 1 unspecified atom stereocenters. The van der Waals surface area contributed by atoms with Crippen LogP contribution < -0.4 is 19.1 Å². The van der Waals surface area contributed by atoms with Crippen LogP contribution in [0.1, 0.15) is 39.2 Å². The zero-order valence-corrected chi connectivity index (χ0v) is 23.0. The highest BCUT2D eigenvalue weighted by Crippen LogP contribution is 2.35. The molecule has 0 aliphatic carbocycles. The molecule has 1 aliphatic rings. The zero-order valence-electron chi connectivity index (χ0n) is 21.4. The number of sulfonamides is 1. The van der Waals surface area contributed by atoms with Crippen LogP contribution in [0.5, 0.6) is 11.5 Å². The van der Waals surface area contributed by atoms with Crippen LogP contribution in [-0.2, 0) is 26.2 Å². The van der Waals surface area contributed by atoms with E-state index in [1.807, 2.05) is 6.92 Å². The molecule has 11 heteroatoms. The number of fused-ring (bicyclic) bond motifs is 1. The summed E-state index contributed by atoms with van der Waals surface area (Å²) < 4.78 is 38.4. The molecule has 0 aromatic heterocycles. The molecule has 0 radical (unpaired) electrons. The third-order valence-electron chi connectivity index (χ3n) is 6.06. The maximum Gasteiger partial charge on any atom is 0.244 e. The van der Waals surface area contributed by atoms with Gasteiger partial charge in [-0.25, -0.2) is 8.42 Å². The normalized spacial score (nSPS) is 13.5. The zero-order chi connectivity index (χ0) is 27.0. The van der Waals surface area contributed by atoms with Crippen LogP contribution in [0, 0.1) is 0 Å². The van der Waals surface area contributed by atoms with Gasteiger partial charge >= 0.3 is 0 Å². The van der Waals surface area contributed by atoms with Gasteiger partial charge in [-0.15, -0.1) is 0 Å². The number of halogens is 1. The molecule has 0 spiro atoms. The van der Waals surface area contributed by atoms with E-state index >= 15 is 0 Å². The van der Waals surface area contributed by atoms with Crippen molar-refractivity contribution in [2.45, 2.75) is 46.2 Å². The first kappa shape index (κ1) is 28.6. The second kappa shape index (κ2) is 13.0. The number of unbranched alkanes of at least 4 members (excludes halogenated alkanes) is 1. The number of carbonyl (C=O) groups is 2. The molecule has 2 aromatic carbocycles. The largest absolute Gasteiger partial charge is 0.486 e. The molecule has 37 heavy (non-hydrogen) atoms. The predicted molar refractivity (Wildman–Crippen MR) is 144 cm³/mol. The molecule has 0 fully saturated rings. The summed E-state index contributed by atoms with van der Waals surface area (Å²) in [6.45, 7) is 6.05. The van der Waals surface area contributed by atoms with E-state index in [1.165, 1.54) is 11.8 Å². The van der Waals surface area contributed by atoms with Crippen LogP contribution >= 0.6 is 11.6 Å². The number of rotatable bonds is 12. The monoisotopic (exact) mass is 551 g/mol. The SMILES string of the molecule is CCCCNC(=O)C(C)N(Cc1ccc(Cl)cc1)C(=O)CN(c1ccc2c(c1)OCCO2)S(=O)(=O)CC. The number of nitrogens with zero attached hydrogens (tertiary/aromatic N) is 2. The minimum absolute atomic E-state index is 0.111. The average molecular weight is 552 g/mol. The van der Waals surface area contributed by atoms with Crippen molar-refractivity contribution in [1.29, 1.82) is 0 Å². The Bertz CT molecular complexity index is 1190. The second-order valence-corrected chi connectivity index (χ2v) is 11.3. The van der Waals surface area contributed by atoms with Crippen LogP contribution in [0.2, 0.25) is 5.02 Å². The topological polar surface area (TPSA) is 105 Å². The molecule has 9 nitrogen and oxygen atoms in total.